The van der Waals surface area contributed by atoms with Crippen LogP contribution in [0.25, 0.3) is 21.3 Å². The van der Waals surface area contributed by atoms with Gasteiger partial charge in [-0.05, 0) is 48.7 Å². The lowest BCUT2D eigenvalue weighted by molar-refractivity contribution is 0.0920. The number of halogens is 2. The molecule has 7 nitrogen and oxygen atoms in total. The number of benzene rings is 2. The molecule has 6 rings (SSSR count). The monoisotopic (exact) mass is 557 g/mol. The summed E-state index contributed by atoms with van der Waals surface area (Å²) in [5, 5.41) is 6.64. The number of carbonyl (C=O) groups excluding carboxylic acids is 2. The molecular weight excluding hydrogens is 532 g/mol. The van der Waals surface area contributed by atoms with E-state index in [1.54, 1.807) is 42.6 Å². The summed E-state index contributed by atoms with van der Waals surface area (Å²) >= 11 is 1.21. The van der Waals surface area contributed by atoms with Crippen LogP contribution in [0.1, 0.15) is 22.5 Å². The van der Waals surface area contributed by atoms with Gasteiger partial charge in [-0.15, -0.1) is 11.3 Å². The SMILES string of the molecule is C=CC(=C)N1CCC[C@@H](NC(=O)c2sc3nccc4c3c2NC(=O)N4c2cccc(-c3cccc(F)c3F)c2)C1. The van der Waals surface area contributed by atoms with E-state index in [1.165, 1.54) is 28.4 Å². The van der Waals surface area contributed by atoms with Gasteiger partial charge in [0.1, 0.15) is 9.71 Å². The fourth-order valence-electron chi connectivity index (χ4n) is 5.28. The third-order valence-electron chi connectivity index (χ3n) is 7.22. The minimum absolute atomic E-state index is 0.0791. The van der Waals surface area contributed by atoms with Crippen LogP contribution in [-0.2, 0) is 0 Å². The normalized spacial score (nSPS) is 16.6. The number of thiophene rings is 1. The Kier molecular flexibility index (Phi) is 6.55. The first-order chi connectivity index (χ1) is 19.4. The van der Waals surface area contributed by atoms with Gasteiger partial charge < -0.3 is 15.5 Å². The average molecular weight is 558 g/mol. The minimum atomic E-state index is -0.959. The van der Waals surface area contributed by atoms with Crippen molar-refractivity contribution in [2.75, 3.05) is 23.3 Å². The second kappa shape index (κ2) is 10.2. The Bertz CT molecular complexity index is 1700. The van der Waals surface area contributed by atoms with E-state index < -0.39 is 17.7 Å². The van der Waals surface area contributed by atoms with Crippen molar-refractivity contribution in [2.24, 2.45) is 0 Å². The number of anilines is 3. The van der Waals surface area contributed by atoms with Crippen molar-refractivity contribution in [3.8, 4) is 11.1 Å². The maximum absolute atomic E-state index is 14.5. The highest BCUT2D eigenvalue weighted by Gasteiger charge is 2.33. The van der Waals surface area contributed by atoms with Crippen LogP contribution in [0, 0.1) is 11.6 Å². The van der Waals surface area contributed by atoms with E-state index in [4.69, 9.17) is 0 Å². The van der Waals surface area contributed by atoms with Crippen LogP contribution in [-0.4, -0.2) is 41.0 Å². The zero-order valence-corrected chi connectivity index (χ0v) is 22.2. The van der Waals surface area contributed by atoms with Crippen molar-refractivity contribution in [2.45, 2.75) is 18.9 Å². The third-order valence-corrected chi connectivity index (χ3v) is 8.31. The first kappa shape index (κ1) is 25.7. The van der Waals surface area contributed by atoms with Crippen LogP contribution < -0.4 is 15.5 Å². The lowest BCUT2D eigenvalue weighted by atomic mass is 10.0. The van der Waals surface area contributed by atoms with Crippen LogP contribution in [0.5, 0.6) is 0 Å². The quantitative estimate of drug-likeness (QED) is 0.255. The zero-order chi connectivity index (χ0) is 28.0. The summed E-state index contributed by atoms with van der Waals surface area (Å²) in [6.07, 6.45) is 5.03. The number of hydrogen-bond acceptors (Lipinski definition) is 5. The maximum atomic E-state index is 14.5. The third kappa shape index (κ3) is 4.40. The van der Waals surface area contributed by atoms with Gasteiger partial charge in [0.2, 0.25) is 0 Å². The van der Waals surface area contributed by atoms with E-state index in [0.717, 1.165) is 31.1 Å². The molecule has 1 atom stereocenters. The Hall–Kier alpha value is -4.57. The molecule has 0 saturated carbocycles. The van der Waals surface area contributed by atoms with Gasteiger partial charge in [0, 0.05) is 36.6 Å². The van der Waals surface area contributed by atoms with Gasteiger partial charge in [-0.25, -0.2) is 18.6 Å². The van der Waals surface area contributed by atoms with Crippen molar-refractivity contribution < 1.29 is 18.4 Å². The van der Waals surface area contributed by atoms with E-state index in [1.807, 2.05) is 0 Å². The van der Waals surface area contributed by atoms with Crippen LogP contribution in [0.4, 0.5) is 30.6 Å². The molecule has 2 aromatic heterocycles. The van der Waals surface area contributed by atoms with Gasteiger partial charge >= 0.3 is 6.03 Å². The highest BCUT2D eigenvalue weighted by molar-refractivity contribution is 7.21. The van der Waals surface area contributed by atoms with Gasteiger partial charge in [-0.1, -0.05) is 37.4 Å². The second-order valence-corrected chi connectivity index (χ2v) is 10.7. The molecule has 3 amide bonds. The molecule has 0 unspecified atom stereocenters. The fraction of sp³-hybridized carbons (Fsp3) is 0.167. The predicted octanol–water partition coefficient (Wildman–Crippen LogP) is 6.82. The smallest absolute Gasteiger partial charge is 0.331 e. The van der Waals surface area contributed by atoms with E-state index in [-0.39, 0.29) is 17.5 Å². The van der Waals surface area contributed by atoms with E-state index in [2.05, 4.69) is 33.7 Å². The van der Waals surface area contributed by atoms with Gasteiger partial charge in [0.05, 0.1) is 22.4 Å². The van der Waals surface area contributed by atoms with Gasteiger partial charge in [-0.2, -0.15) is 0 Å². The summed E-state index contributed by atoms with van der Waals surface area (Å²) in [5.74, 6) is -2.19. The van der Waals surface area contributed by atoms with E-state index >= 15 is 0 Å². The molecule has 2 aliphatic rings. The number of nitrogens with zero attached hydrogens (tertiary/aromatic N) is 3. The lowest BCUT2D eigenvalue weighted by Gasteiger charge is -2.35. The first-order valence-corrected chi connectivity index (χ1v) is 13.6. The summed E-state index contributed by atoms with van der Waals surface area (Å²) in [6, 6.07) is 11.8. The Morgan fingerprint density at radius 1 is 1.20 bits per heavy atom. The first-order valence-electron chi connectivity index (χ1n) is 12.8. The molecule has 202 valence electrons. The molecule has 40 heavy (non-hydrogen) atoms. The number of carbonyl (C=O) groups is 2. The van der Waals surface area contributed by atoms with Crippen LogP contribution in [0.15, 0.2) is 79.7 Å². The van der Waals surface area contributed by atoms with Crippen molar-refractivity contribution in [1.29, 1.82) is 0 Å². The predicted molar refractivity (Wildman–Crippen MR) is 154 cm³/mol. The van der Waals surface area contributed by atoms with E-state index in [0.29, 0.717) is 44.3 Å². The fourth-order valence-corrected chi connectivity index (χ4v) is 6.30. The molecule has 0 spiro atoms. The molecule has 4 heterocycles. The number of pyridine rings is 1. The topological polar surface area (TPSA) is 77.6 Å². The molecule has 0 bridgehead atoms. The van der Waals surface area contributed by atoms with Gasteiger partial charge in [0.25, 0.3) is 5.91 Å². The summed E-state index contributed by atoms with van der Waals surface area (Å²) in [5.41, 5.74) is 2.75. The van der Waals surface area contributed by atoms with Crippen LogP contribution in [0.3, 0.4) is 0 Å². The number of likely N-dealkylation sites (tertiary alicyclic amines) is 1. The van der Waals surface area contributed by atoms with Gasteiger partial charge in [-0.3, -0.25) is 9.69 Å². The number of nitrogens with one attached hydrogen (secondary N) is 2. The minimum Gasteiger partial charge on any atom is -0.370 e. The number of rotatable bonds is 6. The van der Waals surface area contributed by atoms with Crippen LogP contribution in [0.2, 0.25) is 0 Å². The highest BCUT2D eigenvalue weighted by atomic mass is 32.1. The summed E-state index contributed by atoms with van der Waals surface area (Å²) in [7, 11) is 0. The zero-order valence-electron chi connectivity index (χ0n) is 21.4. The Morgan fingerprint density at radius 3 is 2.85 bits per heavy atom. The standard InChI is InChI=1S/C30H25F2N5O2S/c1-3-17(2)36-14-6-8-19(16-36)34-28(38)27-26-24-23(12-13-33-29(24)40-27)37(30(39)35-26)20-9-4-7-18(15-20)21-10-5-11-22(31)25(21)32/h3-5,7,9-13,15,19H,1-2,6,8,14,16H2,(H,34,38)(H,35,39)/t19-/m1/s1. The highest BCUT2D eigenvalue weighted by Crippen LogP contribution is 2.46. The molecule has 0 radical (unpaired) electrons. The second-order valence-electron chi connectivity index (χ2n) is 9.69. The number of aromatic nitrogens is 1. The molecular formula is C30H25F2N5O2S. The van der Waals surface area contributed by atoms with E-state index in [9.17, 15) is 18.4 Å². The van der Waals surface area contributed by atoms with Crippen molar-refractivity contribution in [3.05, 3.63) is 96.2 Å². The van der Waals surface area contributed by atoms with Crippen molar-refractivity contribution >= 4 is 50.6 Å². The molecule has 2 aliphatic heterocycles. The number of piperidine rings is 1. The number of allylic oxidation sites excluding steroid dienone is 1. The average Bonchev–Trinajstić information content (AvgIpc) is 3.34. The Balaban J connectivity index is 1.34. The molecule has 4 aromatic rings. The maximum Gasteiger partial charge on any atom is 0.331 e. The molecule has 2 aromatic carbocycles. The van der Waals surface area contributed by atoms with Crippen molar-refractivity contribution in [1.82, 2.24) is 15.2 Å². The molecule has 1 saturated heterocycles. The summed E-state index contributed by atoms with van der Waals surface area (Å²) < 4.78 is 28.4. The number of urea groups is 1. The summed E-state index contributed by atoms with van der Waals surface area (Å²) in [4.78, 5) is 35.9. The largest absolute Gasteiger partial charge is 0.370 e. The molecule has 10 heteroatoms. The lowest BCUT2D eigenvalue weighted by Crippen LogP contribution is -2.47. The van der Waals surface area contributed by atoms with Gasteiger partial charge in [0.15, 0.2) is 11.6 Å². The number of amides is 3. The molecule has 2 N–H and O–H groups in total. The molecule has 1 fully saturated rings. The number of hydrogen-bond donors (Lipinski definition) is 2. The van der Waals surface area contributed by atoms with Crippen molar-refractivity contribution in [3.63, 3.8) is 0 Å². The van der Waals surface area contributed by atoms with Crippen LogP contribution >= 0.6 is 11.3 Å². The molecule has 0 aliphatic carbocycles. The Labute approximate surface area is 233 Å². The Morgan fingerprint density at radius 2 is 2.02 bits per heavy atom. The summed E-state index contributed by atoms with van der Waals surface area (Å²) in [6.45, 7) is 9.28.